The second-order valence-corrected chi connectivity index (χ2v) is 8.15. The lowest BCUT2D eigenvalue weighted by atomic mass is 9.71. The minimum atomic E-state index is -0.826. The van der Waals surface area contributed by atoms with Crippen LogP contribution in [-0.4, -0.2) is 29.7 Å². The zero-order valence-electron chi connectivity index (χ0n) is 17.8. The molecule has 31 heavy (non-hydrogen) atoms. The van der Waals surface area contributed by atoms with Crippen LogP contribution in [0, 0.1) is 5.41 Å². The number of halogens is 1. The molecule has 1 aromatic heterocycles. The lowest BCUT2D eigenvalue weighted by molar-refractivity contribution is -0.151. The number of hydrogen-bond acceptors (Lipinski definition) is 4. The fourth-order valence-corrected chi connectivity index (χ4v) is 4.45. The molecule has 6 heteroatoms. The van der Waals surface area contributed by atoms with Crippen molar-refractivity contribution < 1.29 is 14.3 Å². The second kappa shape index (κ2) is 8.60. The molecule has 0 bridgehead atoms. The van der Waals surface area contributed by atoms with Crippen LogP contribution in [0.1, 0.15) is 30.7 Å². The summed E-state index contributed by atoms with van der Waals surface area (Å²) in [4.78, 5) is 17.9. The number of rotatable bonds is 6. The largest absolute Gasteiger partial charge is 0.497 e. The maximum Gasteiger partial charge on any atom is 0.316 e. The smallest absolute Gasteiger partial charge is 0.316 e. The molecule has 5 nitrogen and oxygen atoms in total. The van der Waals surface area contributed by atoms with Crippen molar-refractivity contribution in [2.24, 2.45) is 5.41 Å². The molecule has 0 radical (unpaired) electrons. The normalized spacial score (nSPS) is 18.8. The zero-order chi connectivity index (χ0) is 22.0. The van der Waals surface area contributed by atoms with Gasteiger partial charge in [0.05, 0.1) is 37.2 Å². The van der Waals surface area contributed by atoms with Crippen molar-refractivity contribution in [2.75, 3.05) is 14.2 Å². The van der Waals surface area contributed by atoms with Crippen LogP contribution in [0.2, 0.25) is 5.02 Å². The molecule has 0 fully saturated rings. The average Bonchev–Trinajstić information content (AvgIpc) is 3.17. The monoisotopic (exact) mass is 436 g/mol. The first-order valence-corrected chi connectivity index (χ1v) is 10.6. The first-order chi connectivity index (χ1) is 15.0. The molecule has 0 saturated carbocycles. The Balaban J connectivity index is 1.89. The van der Waals surface area contributed by atoms with Crippen LogP contribution in [-0.2, 0) is 16.1 Å². The van der Waals surface area contributed by atoms with Crippen molar-refractivity contribution in [3.8, 4) is 5.75 Å². The van der Waals surface area contributed by atoms with Gasteiger partial charge >= 0.3 is 5.97 Å². The van der Waals surface area contributed by atoms with Gasteiger partial charge in [-0.25, -0.2) is 4.98 Å². The van der Waals surface area contributed by atoms with Crippen molar-refractivity contribution in [3.63, 3.8) is 0 Å². The van der Waals surface area contributed by atoms with E-state index in [-0.39, 0.29) is 11.9 Å². The number of allylic oxidation sites excluding steroid dienone is 3. The van der Waals surface area contributed by atoms with Crippen molar-refractivity contribution in [3.05, 3.63) is 83.2 Å². The third kappa shape index (κ3) is 3.74. The zero-order valence-corrected chi connectivity index (χ0v) is 18.6. The summed E-state index contributed by atoms with van der Waals surface area (Å²) in [6.45, 7) is 2.57. The van der Waals surface area contributed by atoms with Crippen LogP contribution >= 0.6 is 11.6 Å². The highest BCUT2D eigenvalue weighted by Crippen LogP contribution is 2.44. The number of carbonyl (C=O) groups excluding carboxylic acids is 1. The molecule has 1 aliphatic rings. The lowest BCUT2D eigenvalue weighted by Gasteiger charge is -2.34. The average molecular weight is 437 g/mol. The number of imidazole rings is 1. The SMILES string of the molecule is COC(=O)C1(C(C)c2nc3cc(OC)ccc3n2Cc2ccccc2Cl)C=CC=CC1. The van der Waals surface area contributed by atoms with E-state index in [0.717, 1.165) is 28.2 Å². The summed E-state index contributed by atoms with van der Waals surface area (Å²) in [7, 11) is 3.07. The van der Waals surface area contributed by atoms with Crippen LogP contribution < -0.4 is 4.74 Å². The number of fused-ring (bicyclic) bond motifs is 1. The molecule has 4 rings (SSSR count). The van der Waals surface area contributed by atoms with Gasteiger partial charge in [-0.2, -0.15) is 0 Å². The number of aromatic nitrogens is 2. The first kappa shape index (κ1) is 21.2. The van der Waals surface area contributed by atoms with Gasteiger partial charge in [0.15, 0.2) is 0 Å². The van der Waals surface area contributed by atoms with Gasteiger partial charge in [0.25, 0.3) is 0 Å². The minimum absolute atomic E-state index is 0.234. The number of esters is 1. The number of nitrogens with zero attached hydrogens (tertiary/aromatic N) is 2. The molecule has 2 unspecified atom stereocenters. The van der Waals surface area contributed by atoms with Gasteiger partial charge < -0.3 is 14.0 Å². The highest BCUT2D eigenvalue weighted by Gasteiger charge is 2.45. The predicted molar refractivity (Wildman–Crippen MR) is 123 cm³/mol. The second-order valence-electron chi connectivity index (χ2n) is 7.75. The molecule has 0 aliphatic heterocycles. The van der Waals surface area contributed by atoms with Crippen LogP contribution in [0.4, 0.5) is 0 Å². The maximum absolute atomic E-state index is 13.0. The first-order valence-electron chi connectivity index (χ1n) is 10.2. The third-order valence-corrected chi connectivity index (χ3v) is 6.46. The summed E-state index contributed by atoms with van der Waals surface area (Å²) in [6, 6.07) is 13.6. The minimum Gasteiger partial charge on any atom is -0.497 e. The fraction of sp³-hybridized carbons (Fsp3) is 0.280. The molecule has 1 heterocycles. The Hall–Kier alpha value is -3.05. The predicted octanol–water partition coefficient (Wildman–Crippen LogP) is 5.53. The molecule has 0 spiro atoms. The number of methoxy groups -OCH3 is 2. The van der Waals surface area contributed by atoms with Gasteiger partial charge in [-0.15, -0.1) is 0 Å². The van der Waals surface area contributed by atoms with Crippen molar-refractivity contribution in [1.82, 2.24) is 9.55 Å². The molecule has 160 valence electrons. The van der Waals surface area contributed by atoms with E-state index >= 15 is 0 Å². The summed E-state index contributed by atoms with van der Waals surface area (Å²) < 4.78 is 12.8. The Morgan fingerprint density at radius 2 is 2.03 bits per heavy atom. The van der Waals surface area contributed by atoms with E-state index in [9.17, 15) is 4.79 Å². The molecule has 0 N–H and O–H groups in total. The van der Waals surface area contributed by atoms with Gasteiger partial charge in [0.2, 0.25) is 0 Å². The summed E-state index contributed by atoms with van der Waals surface area (Å²) in [5.41, 5.74) is 1.92. The Labute approximate surface area is 186 Å². The van der Waals surface area contributed by atoms with Gasteiger partial charge in [-0.05, 0) is 30.2 Å². The van der Waals surface area contributed by atoms with E-state index in [1.165, 1.54) is 7.11 Å². The Kier molecular flexibility index (Phi) is 5.88. The fourth-order valence-electron chi connectivity index (χ4n) is 4.26. The van der Waals surface area contributed by atoms with E-state index in [1.54, 1.807) is 7.11 Å². The van der Waals surface area contributed by atoms with E-state index in [2.05, 4.69) is 4.57 Å². The van der Waals surface area contributed by atoms with E-state index in [4.69, 9.17) is 26.1 Å². The standard InChI is InChI=1S/C25H25ClN2O3/c1-17(25(24(29)31-3)13-7-4-8-14-25)23-27-21-15-19(30-2)11-12-22(21)28(23)16-18-9-5-6-10-20(18)26/h4-13,15,17H,14,16H2,1-3H3. The molecule has 2 aromatic carbocycles. The van der Waals surface area contributed by atoms with Gasteiger partial charge in [0, 0.05) is 17.0 Å². The summed E-state index contributed by atoms with van der Waals surface area (Å²) in [5, 5.41) is 0.694. The Morgan fingerprint density at radius 1 is 1.23 bits per heavy atom. The number of hydrogen-bond donors (Lipinski definition) is 0. The molecule has 3 aromatic rings. The van der Waals surface area contributed by atoms with E-state index < -0.39 is 5.41 Å². The number of carbonyl (C=O) groups is 1. The quantitative estimate of drug-likeness (QED) is 0.477. The summed E-state index contributed by atoms with van der Waals surface area (Å²) >= 11 is 6.47. The Morgan fingerprint density at radius 3 is 2.71 bits per heavy atom. The lowest BCUT2D eigenvalue weighted by Crippen LogP contribution is -2.37. The van der Waals surface area contributed by atoms with Crippen LogP contribution in [0.15, 0.2) is 66.8 Å². The molecule has 0 saturated heterocycles. The third-order valence-electron chi connectivity index (χ3n) is 6.09. The van der Waals surface area contributed by atoms with E-state index in [0.29, 0.717) is 18.0 Å². The van der Waals surface area contributed by atoms with Crippen LogP contribution in [0.5, 0.6) is 5.75 Å². The van der Waals surface area contributed by atoms with Crippen molar-refractivity contribution in [2.45, 2.75) is 25.8 Å². The van der Waals surface area contributed by atoms with Crippen molar-refractivity contribution >= 4 is 28.6 Å². The van der Waals surface area contributed by atoms with Crippen LogP contribution in [0.25, 0.3) is 11.0 Å². The van der Waals surface area contributed by atoms with Gasteiger partial charge in [0.1, 0.15) is 11.6 Å². The highest BCUT2D eigenvalue weighted by molar-refractivity contribution is 6.31. The molecular formula is C25H25ClN2O3. The highest BCUT2D eigenvalue weighted by atomic mass is 35.5. The number of benzene rings is 2. The maximum atomic E-state index is 13.0. The van der Waals surface area contributed by atoms with E-state index in [1.807, 2.05) is 73.7 Å². The van der Waals surface area contributed by atoms with Gasteiger partial charge in [-0.1, -0.05) is 61.0 Å². The molecule has 0 amide bonds. The molecular weight excluding hydrogens is 412 g/mol. The van der Waals surface area contributed by atoms with Crippen molar-refractivity contribution in [1.29, 1.82) is 0 Å². The molecule has 2 atom stereocenters. The summed E-state index contributed by atoms with van der Waals surface area (Å²) in [6.07, 6.45) is 8.34. The number of ether oxygens (including phenoxy) is 2. The van der Waals surface area contributed by atoms with Gasteiger partial charge in [-0.3, -0.25) is 4.79 Å². The Bertz CT molecular complexity index is 1180. The topological polar surface area (TPSA) is 53.4 Å². The summed E-state index contributed by atoms with van der Waals surface area (Å²) in [5.74, 6) is 1.03. The van der Waals surface area contributed by atoms with Crippen LogP contribution in [0.3, 0.4) is 0 Å². The molecule has 1 aliphatic carbocycles.